The van der Waals surface area contributed by atoms with Crippen LogP contribution in [0.15, 0.2) is 194 Å². The Morgan fingerprint density at radius 1 is 0.283 bits per heavy atom. The van der Waals surface area contributed by atoms with Crippen LogP contribution in [0.25, 0.3) is 98.2 Å². The summed E-state index contributed by atoms with van der Waals surface area (Å²) in [6.07, 6.45) is 0. The highest BCUT2D eigenvalue weighted by Gasteiger charge is 2.15. The molecule has 2 heterocycles. The molecule has 0 aliphatic rings. The molecule has 0 amide bonds. The van der Waals surface area contributed by atoms with Gasteiger partial charge in [0.05, 0.1) is 11.4 Å². The molecule has 0 aliphatic carbocycles. The zero-order chi connectivity index (χ0) is 35.1. The molecular weight excluding hydrogens is 661 g/mol. The Morgan fingerprint density at radius 2 is 0.811 bits per heavy atom. The number of hydrogen-bond donors (Lipinski definition) is 0. The molecule has 2 nitrogen and oxygen atoms in total. The van der Waals surface area contributed by atoms with Crippen LogP contribution >= 0.6 is 11.3 Å². The highest BCUT2D eigenvalue weighted by molar-refractivity contribution is 7.25. The van der Waals surface area contributed by atoms with Crippen molar-refractivity contribution < 1.29 is 0 Å². The van der Waals surface area contributed by atoms with Crippen molar-refractivity contribution in [3.8, 4) is 67.3 Å². The average molecular weight is 693 g/mol. The Morgan fingerprint density at radius 3 is 1.58 bits per heavy atom. The van der Waals surface area contributed by atoms with Crippen molar-refractivity contribution in [1.29, 1.82) is 0 Å². The predicted molar refractivity (Wildman–Crippen MR) is 225 cm³/mol. The summed E-state index contributed by atoms with van der Waals surface area (Å²) in [6.45, 7) is 0. The molecule has 248 valence electrons. The van der Waals surface area contributed by atoms with Crippen LogP contribution in [0.3, 0.4) is 0 Å². The van der Waals surface area contributed by atoms with Crippen molar-refractivity contribution >= 4 is 42.3 Å². The number of fused-ring (bicyclic) bond motifs is 4. The SMILES string of the molecule is c1ccc(-c2cc(-c3cc(-c4ccc(-c5ccc6ccccc6c5)cc4)cc(-c4ccc5sc6ccccc6c5c4)c3)nc(-c3ccccc3)n2)cc1. The van der Waals surface area contributed by atoms with Gasteiger partial charge in [-0.2, -0.15) is 0 Å². The van der Waals surface area contributed by atoms with E-state index in [-0.39, 0.29) is 0 Å². The molecule has 53 heavy (non-hydrogen) atoms. The van der Waals surface area contributed by atoms with E-state index in [0.717, 1.165) is 44.8 Å². The van der Waals surface area contributed by atoms with Gasteiger partial charge in [-0.1, -0.05) is 146 Å². The molecular formula is C50H32N2S. The van der Waals surface area contributed by atoms with Crippen LogP contribution in [0, 0.1) is 0 Å². The van der Waals surface area contributed by atoms with E-state index >= 15 is 0 Å². The number of nitrogens with zero attached hydrogens (tertiary/aromatic N) is 2. The van der Waals surface area contributed by atoms with E-state index in [1.54, 1.807) is 0 Å². The molecule has 0 spiro atoms. The third-order valence-electron chi connectivity index (χ3n) is 10.1. The van der Waals surface area contributed by atoms with E-state index in [2.05, 4.69) is 170 Å². The van der Waals surface area contributed by atoms with Crippen LogP contribution < -0.4 is 0 Å². The predicted octanol–water partition coefficient (Wildman–Crippen LogP) is 14.0. The summed E-state index contributed by atoms with van der Waals surface area (Å²) in [5, 5.41) is 5.08. The first kappa shape index (κ1) is 31.1. The zero-order valence-corrected chi connectivity index (χ0v) is 29.6. The molecule has 10 rings (SSSR count). The molecule has 0 N–H and O–H groups in total. The largest absolute Gasteiger partial charge is 0.228 e. The molecule has 0 bridgehead atoms. The van der Waals surface area contributed by atoms with Crippen molar-refractivity contribution in [3.63, 3.8) is 0 Å². The van der Waals surface area contributed by atoms with E-state index in [9.17, 15) is 0 Å². The third kappa shape index (κ3) is 5.97. The van der Waals surface area contributed by atoms with E-state index in [4.69, 9.17) is 9.97 Å². The highest BCUT2D eigenvalue weighted by Crippen LogP contribution is 2.39. The number of benzene rings is 8. The van der Waals surface area contributed by atoms with Crippen LogP contribution in [-0.4, -0.2) is 9.97 Å². The second kappa shape index (κ2) is 13.1. The lowest BCUT2D eigenvalue weighted by molar-refractivity contribution is 1.18. The fourth-order valence-corrected chi connectivity index (χ4v) is 8.39. The molecule has 0 fully saturated rings. The average Bonchev–Trinajstić information content (AvgIpc) is 3.62. The summed E-state index contributed by atoms with van der Waals surface area (Å²) in [5.41, 5.74) is 11.9. The van der Waals surface area contributed by atoms with E-state index in [0.29, 0.717) is 5.82 Å². The van der Waals surface area contributed by atoms with Crippen molar-refractivity contribution in [2.75, 3.05) is 0 Å². The van der Waals surface area contributed by atoms with Crippen LogP contribution in [0.2, 0.25) is 0 Å². The van der Waals surface area contributed by atoms with Crippen LogP contribution in [0.5, 0.6) is 0 Å². The fraction of sp³-hybridized carbons (Fsp3) is 0. The van der Waals surface area contributed by atoms with Gasteiger partial charge >= 0.3 is 0 Å². The molecule has 10 aromatic rings. The normalized spacial score (nSPS) is 11.4. The molecule has 0 atom stereocenters. The van der Waals surface area contributed by atoms with Gasteiger partial charge in [0, 0.05) is 36.9 Å². The maximum atomic E-state index is 5.22. The monoisotopic (exact) mass is 692 g/mol. The second-order valence-corrected chi connectivity index (χ2v) is 14.5. The fourth-order valence-electron chi connectivity index (χ4n) is 7.31. The molecule has 0 saturated heterocycles. The molecule has 0 aliphatic heterocycles. The quantitative estimate of drug-likeness (QED) is 0.173. The van der Waals surface area contributed by atoms with Gasteiger partial charge in [-0.25, -0.2) is 9.97 Å². The summed E-state index contributed by atoms with van der Waals surface area (Å²) < 4.78 is 2.61. The van der Waals surface area contributed by atoms with Gasteiger partial charge < -0.3 is 0 Å². The van der Waals surface area contributed by atoms with Gasteiger partial charge in [0.1, 0.15) is 0 Å². The number of thiophene rings is 1. The minimum atomic E-state index is 0.708. The smallest absolute Gasteiger partial charge is 0.160 e. The highest BCUT2D eigenvalue weighted by atomic mass is 32.1. The lowest BCUT2D eigenvalue weighted by atomic mass is 9.93. The molecule has 0 saturated carbocycles. The van der Waals surface area contributed by atoms with Crippen molar-refractivity contribution in [1.82, 2.24) is 9.97 Å². The third-order valence-corrected chi connectivity index (χ3v) is 11.2. The summed E-state index contributed by atoms with van der Waals surface area (Å²) in [4.78, 5) is 10.3. The first-order chi connectivity index (χ1) is 26.2. The lowest BCUT2D eigenvalue weighted by Gasteiger charge is -2.14. The van der Waals surface area contributed by atoms with Crippen molar-refractivity contribution in [2.45, 2.75) is 0 Å². The summed E-state index contributed by atoms with van der Waals surface area (Å²) in [5.74, 6) is 0.708. The molecule has 3 heteroatoms. The Labute approximate surface area is 312 Å². The van der Waals surface area contributed by atoms with Crippen LogP contribution in [0.4, 0.5) is 0 Å². The summed E-state index contributed by atoms with van der Waals surface area (Å²) in [6, 6.07) is 69.4. The summed E-state index contributed by atoms with van der Waals surface area (Å²) in [7, 11) is 0. The number of hydrogen-bond acceptors (Lipinski definition) is 3. The Bertz CT molecular complexity index is 2870. The molecule has 8 aromatic carbocycles. The number of aromatic nitrogens is 2. The minimum Gasteiger partial charge on any atom is -0.228 e. The van der Waals surface area contributed by atoms with Crippen LogP contribution in [-0.2, 0) is 0 Å². The first-order valence-electron chi connectivity index (χ1n) is 17.9. The van der Waals surface area contributed by atoms with Gasteiger partial charge in [0.15, 0.2) is 5.82 Å². The Kier molecular flexibility index (Phi) is 7.71. The zero-order valence-electron chi connectivity index (χ0n) is 28.8. The standard InChI is InChI=1S/C50H32N2S/c1-3-12-36(13-4-1)46-32-47(52-50(51-46)37-14-5-2-6-15-37)43-29-41(35-21-19-34(20-22-35)39-24-23-33-11-7-8-16-38(33)27-39)28-42(30-43)40-25-26-49-45(31-40)44-17-9-10-18-48(44)53-49/h1-32H. The van der Waals surface area contributed by atoms with E-state index < -0.39 is 0 Å². The Balaban J connectivity index is 1.14. The van der Waals surface area contributed by atoms with Gasteiger partial charge in [-0.15, -0.1) is 11.3 Å². The molecule has 2 aromatic heterocycles. The van der Waals surface area contributed by atoms with Crippen LogP contribution in [0.1, 0.15) is 0 Å². The van der Waals surface area contributed by atoms with Gasteiger partial charge in [0.2, 0.25) is 0 Å². The van der Waals surface area contributed by atoms with Gasteiger partial charge in [-0.3, -0.25) is 0 Å². The summed E-state index contributed by atoms with van der Waals surface area (Å²) >= 11 is 1.85. The number of rotatable bonds is 6. The minimum absolute atomic E-state index is 0.708. The molecule has 0 radical (unpaired) electrons. The first-order valence-corrected chi connectivity index (χ1v) is 18.7. The van der Waals surface area contributed by atoms with E-state index in [1.807, 2.05) is 35.6 Å². The maximum absolute atomic E-state index is 5.22. The Hall–Kier alpha value is -6.68. The van der Waals surface area contributed by atoms with Crippen molar-refractivity contribution in [3.05, 3.63) is 194 Å². The molecule has 0 unspecified atom stereocenters. The van der Waals surface area contributed by atoms with Crippen molar-refractivity contribution in [2.24, 2.45) is 0 Å². The van der Waals surface area contributed by atoms with Gasteiger partial charge in [0.25, 0.3) is 0 Å². The maximum Gasteiger partial charge on any atom is 0.160 e. The van der Waals surface area contributed by atoms with Gasteiger partial charge in [-0.05, 0) is 92.7 Å². The topological polar surface area (TPSA) is 25.8 Å². The second-order valence-electron chi connectivity index (χ2n) is 13.4. The van der Waals surface area contributed by atoms with E-state index in [1.165, 1.54) is 47.6 Å². The lowest BCUT2D eigenvalue weighted by Crippen LogP contribution is -1.96.